The molecule has 0 saturated carbocycles. The number of thiophene rings is 1. The molecule has 1 aliphatic carbocycles. The molecule has 1 aliphatic rings. The van der Waals surface area contributed by atoms with Crippen LogP contribution in [0, 0.1) is 5.92 Å². The van der Waals surface area contributed by atoms with Gasteiger partial charge in [0.1, 0.15) is 0 Å². The molecule has 3 amide bonds. The van der Waals surface area contributed by atoms with Crippen LogP contribution in [0.1, 0.15) is 37.6 Å². The van der Waals surface area contributed by atoms with Crippen LogP contribution in [0.4, 0.5) is 4.79 Å². The zero-order valence-corrected chi connectivity index (χ0v) is 16.6. The number of nitrogens with one attached hydrogen (secondary N) is 2. The highest BCUT2D eigenvalue weighted by Crippen LogP contribution is 2.37. The van der Waals surface area contributed by atoms with Gasteiger partial charge in [-0.25, -0.2) is 4.79 Å². The number of aryl methyl sites for hydroxylation is 1. The first kappa shape index (κ1) is 18.9. The van der Waals surface area contributed by atoms with Crippen LogP contribution in [0.15, 0.2) is 15.7 Å². The summed E-state index contributed by atoms with van der Waals surface area (Å²) in [4.78, 5) is 25.8. The van der Waals surface area contributed by atoms with Gasteiger partial charge in [0, 0.05) is 11.4 Å². The van der Waals surface area contributed by atoms with Crippen molar-refractivity contribution in [3.8, 4) is 10.8 Å². The van der Waals surface area contributed by atoms with Crippen LogP contribution in [-0.4, -0.2) is 33.9 Å². The molecule has 0 saturated heterocycles. The van der Waals surface area contributed by atoms with E-state index in [0.29, 0.717) is 23.6 Å². The predicted octanol–water partition coefficient (Wildman–Crippen LogP) is 3.25. The minimum Gasteiger partial charge on any atom is -0.410 e. The zero-order chi connectivity index (χ0) is 18.7. The van der Waals surface area contributed by atoms with Crippen LogP contribution in [-0.2, 0) is 17.6 Å². The number of aromatic nitrogens is 2. The number of fused-ring (bicyclic) bond motifs is 1. The molecule has 7 nitrogen and oxygen atoms in total. The molecule has 0 radical (unpaired) electrons. The first-order valence-corrected chi connectivity index (χ1v) is 10.4. The Morgan fingerprint density at radius 3 is 3.04 bits per heavy atom. The Labute approximate surface area is 160 Å². The number of hydrogen-bond acceptors (Lipinski definition) is 7. The Bertz CT molecular complexity index is 802. The topological polar surface area (TPSA) is 97.1 Å². The molecule has 2 aromatic rings. The highest BCUT2D eigenvalue weighted by Gasteiger charge is 2.23. The second kappa shape index (κ2) is 8.22. The number of urea groups is 1. The smallest absolute Gasteiger partial charge is 0.321 e. The standard InChI is InChI=1S/C17H22N4O3S2/c1-4-18-16(23)19-14(22)10(3)25-17-21-20-15(24-17)13-8-11-7-9(2)5-6-12(11)26-13/h8-10H,4-7H2,1-3H3,(H2,18,19,22,23)/t9-,10+/m1/s1. The zero-order valence-electron chi connectivity index (χ0n) is 15.0. The molecule has 2 aromatic heterocycles. The van der Waals surface area contributed by atoms with Gasteiger partial charge in [-0.3, -0.25) is 10.1 Å². The Hall–Kier alpha value is -1.87. The lowest BCUT2D eigenvalue weighted by Crippen LogP contribution is -2.42. The van der Waals surface area contributed by atoms with E-state index in [1.54, 1.807) is 25.2 Å². The fourth-order valence-corrected chi connectivity index (χ4v) is 4.60. The Balaban J connectivity index is 1.63. The molecular weight excluding hydrogens is 372 g/mol. The molecule has 0 unspecified atom stereocenters. The number of nitrogens with zero attached hydrogens (tertiary/aromatic N) is 2. The van der Waals surface area contributed by atoms with Crippen LogP contribution in [0.3, 0.4) is 0 Å². The van der Waals surface area contributed by atoms with Crippen LogP contribution >= 0.6 is 23.1 Å². The molecule has 0 bridgehead atoms. The molecule has 2 atom stereocenters. The Morgan fingerprint density at radius 2 is 2.27 bits per heavy atom. The lowest BCUT2D eigenvalue weighted by molar-refractivity contribution is -0.119. The number of thioether (sulfide) groups is 1. The number of imide groups is 1. The number of carbonyl (C=O) groups excluding carboxylic acids is 2. The maximum Gasteiger partial charge on any atom is 0.321 e. The number of amides is 3. The van der Waals surface area contributed by atoms with E-state index in [4.69, 9.17) is 4.42 Å². The molecule has 2 N–H and O–H groups in total. The molecule has 140 valence electrons. The van der Waals surface area contributed by atoms with Crippen molar-refractivity contribution in [1.82, 2.24) is 20.8 Å². The lowest BCUT2D eigenvalue weighted by Gasteiger charge is -2.16. The molecule has 0 spiro atoms. The second-order valence-electron chi connectivity index (χ2n) is 6.39. The fraction of sp³-hybridized carbons (Fsp3) is 0.529. The average Bonchev–Trinajstić information content (AvgIpc) is 3.20. The van der Waals surface area contributed by atoms with Gasteiger partial charge in [0.25, 0.3) is 11.1 Å². The molecule has 26 heavy (non-hydrogen) atoms. The maximum absolute atomic E-state index is 12.0. The molecule has 9 heteroatoms. The summed E-state index contributed by atoms with van der Waals surface area (Å²) < 4.78 is 5.72. The molecular formula is C17H22N4O3S2. The van der Waals surface area contributed by atoms with Gasteiger partial charge in [0.05, 0.1) is 10.1 Å². The SMILES string of the molecule is CCNC(=O)NC(=O)[C@H](C)Sc1nnc(-c2cc3c(s2)CC[C@@H](C)C3)o1. The average molecular weight is 395 g/mol. The Morgan fingerprint density at radius 1 is 1.46 bits per heavy atom. The van der Waals surface area contributed by atoms with Crippen molar-refractivity contribution in [3.05, 3.63) is 16.5 Å². The van der Waals surface area contributed by atoms with Gasteiger partial charge in [-0.15, -0.1) is 21.5 Å². The first-order valence-electron chi connectivity index (χ1n) is 8.67. The van der Waals surface area contributed by atoms with Crippen molar-refractivity contribution in [2.24, 2.45) is 5.92 Å². The van der Waals surface area contributed by atoms with E-state index in [2.05, 4.69) is 33.8 Å². The molecule has 2 heterocycles. The molecule has 0 aliphatic heterocycles. The van der Waals surface area contributed by atoms with Crippen LogP contribution in [0.5, 0.6) is 0 Å². The van der Waals surface area contributed by atoms with Crippen LogP contribution in [0.25, 0.3) is 10.8 Å². The first-order chi connectivity index (χ1) is 12.5. The fourth-order valence-electron chi connectivity index (χ4n) is 2.79. The van der Waals surface area contributed by atoms with Gasteiger partial charge in [-0.2, -0.15) is 0 Å². The summed E-state index contributed by atoms with van der Waals surface area (Å²) >= 11 is 2.84. The van der Waals surface area contributed by atoms with Gasteiger partial charge in [0.15, 0.2) is 0 Å². The van der Waals surface area contributed by atoms with Crippen LogP contribution < -0.4 is 10.6 Å². The summed E-state index contributed by atoms with van der Waals surface area (Å²) in [6.45, 7) is 6.20. The third kappa shape index (κ3) is 4.45. The van der Waals surface area contributed by atoms with E-state index in [9.17, 15) is 9.59 Å². The highest BCUT2D eigenvalue weighted by molar-refractivity contribution is 8.00. The van der Waals surface area contributed by atoms with Crippen molar-refractivity contribution in [2.75, 3.05) is 6.54 Å². The minimum absolute atomic E-state index is 0.318. The highest BCUT2D eigenvalue weighted by atomic mass is 32.2. The maximum atomic E-state index is 12.0. The Kier molecular flexibility index (Phi) is 5.98. The van der Waals surface area contributed by atoms with Crippen molar-refractivity contribution in [3.63, 3.8) is 0 Å². The molecule has 3 rings (SSSR count). The molecule has 0 aromatic carbocycles. The summed E-state index contributed by atoms with van der Waals surface area (Å²) in [7, 11) is 0. The monoisotopic (exact) mass is 394 g/mol. The van der Waals surface area contributed by atoms with Gasteiger partial charge < -0.3 is 9.73 Å². The van der Waals surface area contributed by atoms with Crippen molar-refractivity contribution in [2.45, 2.75) is 50.5 Å². The predicted molar refractivity (Wildman–Crippen MR) is 101 cm³/mol. The van der Waals surface area contributed by atoms with Crippen molar-refractivity contribution in [1.29, 1.82) is 0 Å². The summed E-state index contributed by atoms with van der Waals surface area (Å²) in [5, 5.41) is 12.7. The van der Waals surface area contributed by atoms with E-state index in [-0.39, 0.29) is 0 Å². The summed E-state index contributed by atoms with van der Waals surface area (Å²) in [6.07, 6.45) is 3.42. The van der Waals surface area contributed by atoms with Crippen molar-refractivity contribution >= 4 is 35.0 Å². The van der Waals surface area contributed by atoms with Gasteiger partial charge in [-0.05, 0) is 50.7 Å². The van der Waals surface area contributed by atoms with Gasteiger partial charge >= 0.3 is 6.03 Å². The summed E-state index contributed by atoms with van der Waals surface area (Å²) in [5.41, 5.74) is 1.38. The van der Waals surface area contributed by atoms with Crippen LogP contribution in [0.2, 0.25) is 0 Å². The van der Waals surface area contributed by atoms with Crippen molar-refractivity contribution < 1.29 is 14.0 Å². The third-order valence-corrected chi connectivity index (χ3v) is 6.33. The second-order valence-corrected chi connectivity index (χ2v) is 8.82. The lowest BCUT2D eigenvalue weighted by atomic mass is 9.90. The number of rotatable bonds is 5. The van der Waals surface area contributed by atoms with E-state index < -0.39 is 17.2 Å². The molecule has 0 fully saturated rings. The third-order valence-electron chi connectivity index (χ3n) is 4.17. The number of carbonyl (C=O) groups is 2. The summed E-state index contributed by atoms with van der Waals surface area (Å²) in [6, 6.07) is 1.64. The quantitative estimate of drug-likeness (QED) is 0.756. The minimum atomic E-state index is -0.525. The normalized spacial score (nSPS) is 17.4. The van der Waals surface area contributed by atoms with E-state index in [1.807, 2.05) is 0 Å². The van der Waals surface area contributed by atoms with Gasteiger partial charge in [-0.1, -0.05) is 18.7 Å². The van der Waals surface area contributed by atoms with E-state index >= 15 is 0 Å². The number of hydrogen-bond donors (Lipinski definition) is 2. The largest absolute Gasteiger partial charge is 0.410 e. The van der Waals surface area contributed by atoms with E-state index in [0.717, 1.165) is 29.5 Å². The summed E-state index contributed by atoms with van der Waals surface area (Å²) in [5.74, 6) is 0.792. The van der Waals surface area contributed by atoms with E-state index in [1.165, 1.54) is 16.9 Å². The van der Waals surface area contributed by atoms with Gasteiger partial charge in [0.2, 0.25) is 5.91 Å².